The molecule has 4 heteroatoms. The Bertz CT molecular complexity index is 369. The fourth-order valence-electron chi connectivity index (χ4n) is 2.07. The summed E-state index contributed by atoms with van der Waals surface area (Å²) in [6.07, 6.45) is 4.30. The molecule has 0 saturated carbocycles. The fraction of sp³-hybridized carbons (Fsp3) is 0.643. The summed E-state index contributed by atoms with van der Waals surface area (Å²) in [6, 6.07) is 2.19. The summed E-state index contributed by atoms with van der Waals surface area (Å²) in [4.78, 5) is 4.01. The lowest BCUT2D eigenvalue weighted by Crippen LogP contribution is -2.50. The smallest absolute Gasteiger partial charge is 0.0781 e. The predicted octanol–water partition coefficient (Wildman–Crippen LogP) is 3.07. The molecule has 102 valence electrons. The van der Waals surface area contributed by atoms with Gasteiger partial charge < -0.3 is 10.1 Å². The molecule has 1 aromatic heterocycles. The van der Waals surface area contributed by atoms with E-state index in [0.717, 1.165) is 18.5 Å². The second-order valence-corrected chi connectivity index (χ2v) is 5.23. The average Bonchev–Trinajstić information content (AvgIpc) is 2.31. The molecule has 0 amide bonds. The summed E-state index contributed by atoms with van der Waals surface area (Å²) in [5.74, 6) is 0. The third-order valence-corrected chi connectivity index (χ3v) is 3.43. The molecule has 0 aliphatic carbocycles. The van der Waals surface area contributed by atoms with Crippen LogP contribution in [0.25, 0.3) is 0 Å². The molecule has 0 spiro atoms. The van der Waals surface area contributed by atoms with Crippen molar-refractivity contribution in [3.8, 4) is 0 Å². The van der Waals surface area contributed by atoms with Crippen molar-refractivity contribution in [1.29, 1.82) is 0 Å². The molecule has 0 bridgehead atoms. The van der Waals surface area contributed by atoms with E-state index < -0.39 is 0 Å². The number of aromatic nitrogens is 1. The van der Waals surface area contributed by atoms with Crippen molar-refractivity contribution in [2.24, 2.45) is 0 Å². The van der Waals surface area contributed by atoms with Gasteiger partial charge in [-0.05, 0) is 45.4 Å². The van der Waals surface area contributed by atoms with Gasteiger partial charge in [0.2, 0.25) is 0 Å². The number of pyridine rings is 1. The molecule has 0 aromatic carbocycles. The molecule has 18 heavy (non-hydrogen) atoms. The van der Waals surface area contributed by atoms with Crippen LogP contribution < -0.4 is 5.32 Å². The van der Waals surface area contributed by atoms with Crippen LogP contribution in [0.3, 0.4) is 0 Å². The second kappa shape index (κ2) is 7.07. The lowest BCUT2D eigenvalue weighted by atomic mass is 9.92. The van der Waals surface area contributed by atoms with Crippen LogP contribution in [0, 0.1) is 0 Å². The SMILES string of the molecule is CCNC(Cc1ccncc1Cl)C(C)(C)OCC. The number of hydrogen-bond donors (Lipinski definition) is 1. The molecule has 0 fully saturated rings. The largest absolute Gasteiger partial charge is 0.374 e. The molecular weight excluding hydrogens is 248 g/mol. The van der Waals surface area contributed by atoms with Crippen molar-refractivity contribution < 1.29 is 4.74 Å². The maximum absolute atomic E-state index is 6.16. The third kappa shape index (κ3) is 4.23. The van der Waals surface area contributed by atoms with Crippen molar-refractivity contribution >= 4 is 11.6 Å². The van der Waals surface area contributed by atoms with Gasteiger partial charge in [-0.1, -0.05) is 18.5 Å². The summed E-state index contributed by atoms with van der Waals surface area (Å²) in [5.41, 5.74) is 0.877. The van der Waals surface area contributed by atoms with Gasteiger partial charge in [0.15, 0.2) is 0 Å². The minimum absolute atomic E-state index is 0.224. The molecule has 0 aliphatic rings. The minimum Gasteiger partial charge on any atom is -0.374 e. The molecule has 0 saturated heterocycles. The standard InChI is InChI=1S/C14H23ClN2O/c1-5-17-13(14(3,4)18-6-2)9-11-7-8-16-10-12(11)15/h7-8,10,13,17H,5-6,9H2,1-4H3. The van der Waals surface area contributed by atoms with Crippen LogP contribution in [0.1, 0.15) is 33.3 Å². The van der Waals surface area contributed by atoms with Crippen molar-refractivity contribution in [1.82, 2.24) is 10.3 Å². The molecule has 1 atom stereocenters. The Labute approximate surface area is 115 Å². The van der Waals surface area contributed by atoms with E-state index in [9.17, 15) is 0 Å². The quantitative estimate of drug-likeness (QED) is 0.827. The predicted molar refractivity (Wildman–Crippen MR) is 76.1 cm³/mol. The van der Waals surface area contributed by atoms with Gasteiger partial charge in [0, 0.05) is 25.0 Å². The van der Waals surface area contributed by atoms with Gasteiger partial charge in [0.1, 0.15) is 0 Å². The highest BCUT2D eigenvalue weighted by Crippen LogP contribution is 2.22. The van der Waals surface area contributed by atoms with Gasteiger partial charge in [-0.25, -0.2) is 0 Å². The summed E-state index contributed by atoms with van der Waals surface area (Å²) >= 11 is 6.16. The Morgan fingerprint density at radius 2 is 2.17 bits per heavy atom. The van der Waals surface area contributed by atoms with E-state index in [1.54, 1.807) is 12.4 Å². The molecule has 1 rings (SSSR count). The first-order valence-electron chi connectivity index (χ1n) is 6.47. The van der Waals surface area contributed by atoms with Crippen molar-refractivity contribution in [2.45, 2.75) is 45.8 Å². The first kappa shape index (κ1) is 15.4. The number of nitrogens with zero attached hydrogens (tertiary/aromatic N) is 1. The van der Waals surface area contributed by atoms with Gasteiger partial charge in [0.05, 0.1) is 10.6 Å². The van der Waals surface area contributed by atoms with E-state index in [4.69, 9.17) is 16.3 Å². The van der Waals surface area contributed by atoms with Gasteiger partial charge >= 0.3 is 0 Å². The minimum atomic E-state index is -0.225. The zero-order chi connectivity index (χ0) is 13.6. The number of likely N-dealkylation sites (N-methyl/N-ethyl adjacent to an activating group) is 1. The van der Waals surface area contributed by atoms with Crippen molar-refractivity contribution in [3.05, 3.63) is 29.0 Å². The van der Waals surface area contributed by atoms with E-state index in [-0.39, 0.29) is 11.6 Å². The van der Waals surface area contributed by atoms with Gasteiger partial charge in [-0.2, -0.15) is 0 Å². The molecule has 0 radical (unpaired) electrons. The summed E-state index contributed by atoms with van der Waals surface area (Å²) in [5, 5.41) is 4.19. The van der Waals surface area contributed by atoms with Gasteiger partial charge in [0.25, 0.3) is 0 Å². The second-order valence-electron chi connectivity index (χ2n) is 4.82. The van der Waals surface area contributed by atoms with Gasteiger partial charge in [-0.15, -0.1) is 0 Å². The van der Waals surface area contributed by atoms with E-state index in [1.807, 2.05) is 13.0 Å². The van der Waals surface area contributed by atoms with Crippen LogP contribution >= 0.6 is 11.6 Å². The summed E-state index contributed by atoms with van der Waals surface area (Å²) in [7, 11) is 0. The lowest BCUT2D eigenvalue weighted by molar-refractivity contribution is -0.0376. The topological polar surface area (TPSA) is 34.2 Å². The highest BCUT2D eigenvalue weighted by molar-refractivity contribution is 6.31. The summed E-state index contributed by atoms with van der Waals surface area (Å²) in [6.45, 7) is 9.95. The van der Waals surface area contributed by atoms with E-state index >= 15 is 0 Å². The van der Waals surface area contributed by atoms with Gasteiger partial charge in [-0.3, -0.25) is 4.98 Å². The Morgan fingerprint density at radius 1 is 1.44 bits per heavy atom. The maximum atomic E-state index is 6.16. The zero-order valence-electron chi connectivity index (χ0n) is 11.7. The monoisotopic (exact) mass is 270 g/mol. The fourth-order valence-corrected chi connectivity index (χ4v) is 2.27. The maximum Gasteiger partial charge on any atom is 0.0781 e. The van der Waals surface area contributed by atoms with Crippen LogP contribution in [0.4, 0.5) is 0 Å². The van der Waals surface area contributed by atoms with Crippen molar-refractivity contribution in [2.75, 3.05) is 13.2 Å². The van der Waals surface area contributed by atoms with Crippen LogP contribution in [0.2, 0.25) is 5.02 Å². The molecule has 1 heterocycles. The Hall–Kier alpha value is -0.640. The number of hydrogen-bond acceptors (Lipinski definition) is 3. The average molecular weight is 271 g/mol. The normalized spacial score (nSPS) is 13.6. The third-order valence-electron chi connectivity index (χ3n) is 3.09. The van der Waals surface area contributed by atoms with Crippen LogP contribution in [0.5, 0.6) is 0 Å². The number of rotatable bonds is 7. The Balaban J connectivity index is 2.83. The first-order valence-corrected chi connectivity index (χ1v) is 6.84. The molecule has 1 N–H and O–H groups in total. The molecule has 1 unspecified atom stereocenters. The molecule has 3 nitrogen and oxygen atoms in total. The lowest BCUT2D eigenvalue weighted by Gasteiger charge is -2.35. The highest BCUT2D eigenvalue weighted by Gasteiger charge is 2.29. The van der Waals surface area contributed by atoms with E-state index in [2.05, 4.69) is 31.1 Å². The first-order chi connectivity index (χ1) is 8.51. The number of nitrogens with one attached hydrogen (secondary N) is 1. The molecule has 0 aliphatic heterocycles. The molecule has 1 aromatic rings. The van der Waals surface area contributed by atoms with Crippen molar-refractivity contribution in [3.63, 3.8) is 0 Å². The van der Waals surface area contributed by atoms with Crippen LogP contribution in [-0.4, -0.2) is 29.8 Å². The zero-order valence-corrected chi connectivity index (χ0v) is 12.4. The summed E-state index contributed by atoms with van der Waals surface area (Å²) < 4.78 is 5.83. The number of ether oxygens (including phenoxy) is 1. The highest BCUT2D eigenvalue weighted by atomic mass is 35.5. The Morgan fingerprint density at radius 3 is 2.72 bits per heavy atom. The van der Waals surface area contributed by atoms with E-state index in [1.165, 1.54) is 0 Å². The van der Waals surface area contributed by atoms with E-state index in [0.29, 0.717) is 11.6 Å². The van der Waals surface area contributed by atoms with Crippen LogP contribution in [-0.2, 0) is 11.2 Å². The molecular formula is C14H23ClN2O. The van der Waals surface area contributed by atoms with Crippen LogP contribution in [0.15, 0.2) is 18.5 Å². The number of halogens is 1. The Kier molecular flexibility index (Phi) is 6.06.